The van der Waals surface area contributed by atoms with Gasteiger partial charge in [0.25, 0.3) is 0 Å². The lowest BCUT2D eigenvalue weighted by Crippen LogP contribution is -1.85. The van der Waals surface area contributed by atoms with Crippen LogP contribution in [0.3, 0.4) is 0 Å². The van der Waals surface area contributed by atoms with Gasteiger partial charge in [0.05, 0.1) is 0 Å². The zero-order chi connectivity index (χ0) is 9.23. The van der Waals surface area contributed by atoms with Crippen molar-refractivity contribution >= 4 is 16.5 Å². The Balaban J connectivity index is 3.04. The molecule has 0 bridgehead atoms. The summed E-state index contributed by atoms with van der Waals surface area (Å²) in [5, 5.41) is 0. The van der Waals surface area contributed by atoms with Gasteiger partial charge in [0.2, 0.25) is 0 Å². The maximum atomic E-state index is 3.06. The minimum atomic E-state index is 0.313. The summed E-state index contributed by atoms with van der Waals surface area (Å²) in [5.41, 5.74) is 0. The largest absolute Gasteiger partial charge is 0.111 e. The first kappa shape index (κ1) is 12.9. The Morgan fingerprint density at radius 3 is 1.58 bits per heavy atom. The maximum absolute atomic E-state index is 3.06. The van der Waals surface area contributed by atoms with E-state index >= 15 is 0 Å². The molecule has 74 valence electrons. The van der Waals surface area contributed by atoms with Crippen molar-refractivity contribution in [3.05, 3.63) is 0 Å². The fourth-order valence-corrected chi connectivity index (χ4v) is 3.82. The second-order valence-corrected chi connectivity index (χ2v) is 7.71. The van der Waals surface area contributed by atoms with E-state index in [0.717, 1.165) is 0 Å². The molecule has 0 saturated heterocycles. The Kier molecular flexibility index (Phi) is 10.7. The van der Waals surface area contributed by atoms with Crippen molar-refractivity contribution in [1.82, 2.24) is 0 Å². The molecule has 0 heterocycles. The Bertz CT molecular complexity index is 73.9. The van der Waals surface area contributed by atoms with Gasteiger partial charge in [-0.3, -0.25) is 0 Å². The third-order valence-corrected chi connectivity index (χ3v) is 5.43. The molecule has 0 aliphatic rings. The monoisotopic (exact) mass is 206 g/mol. The molecule has 0 aromatic carbocycles. The third kappa shape index (κ3) is 8.95. The van der Waals surface area contributed by atoms with E-state index in [1.165, 1.54) is 50.8 Å². The average molecular weight is 206 g/mol. The van der Waals surface area contributed by atoms with Gasteiger partial charge < -0.3 is 0 Å². The molecule has 1 atom stereocenters. The molecule has 0 amide bonds. The van der Waals surface area contributed by atoms with Gasteiger partial charge in [-0.1, -0.05) is 47.1 Å². The molecule has 12 heavy (non-hydrogen) atoms. The lowest BCUT2D eigenvalue weighted by molar-refractivity contribution is 0.764. The van der Waals surface area contributed by atoms with Crippen molar-refractivity contribution in [3.63, 3.8) is 0 Å². The molecule has 0 fully saturated rings. The molecule has 0 N–H and O–H groups in total. The van der Waals surface area contributed by atoms with E-state index in [9.17, 15) is 0 Å². The van der Waals surface area contributed by atoms with Crippen LogP contribution in [0.1, 0.15) is 52.4 Å². The Hall–Kier alpha value is 0.860. The van der Waals surface area contributed by atoms with Gasteiger partial charge in [0.1, 0.15) is 0 Å². The van der Waals surface area contributed by atoms with Gasteiger partial charge in [0, 0.05) is 0 Å². The summed E-state index contributed by atoms with van der Waals surface area (Å²) in [6.45, 7) is 4.56. The standard InChI is InChI=1S/C10H24P2/c1-3-5-7-9-12(11)10-8-6-4-2/h3-11H2,1-2H3. The van der Waals surface area contributed by atoms with Crippen LogP contribution in [0.15, 0.2) is 0 Å². The van der Waals surface area contributed by atoms with Crippen LogP contribution < -0.4 is 0 Å². The smallest absolute Gasteiger partial charge is 0.0292 e. The SMILES string of the molecule is CCCCCP(P)CCCCC. The van der Waals surface area contributed by atoms with E-state index in [1.54, 1.807) is 0 Å². The zero-order valence-corrected chi connectivity index (χ0v) is 10.7. The van der Waals surface area contributed by atoms with Crippen molar-refractivity contribution in [2.24, 2.45) is 0 Å². The van der Waals surface area contributed by atoms with E-state index in [0.29, 0.717) is 7.61 Å². The first-order valence-corrected chi connectivity index (χ1v) is 8.64. The normalized spacial score (nSPS) is 11.0. The molecule has 1 unspecified atom stereocenters. The van der Waals surface area contributed by atoms with Crippen LogP contribution in [0.2, 0.25) is 0 Å². The predicted octanol–water partition coefficient (Wildman–Crippen LogP) is 4.64. The topological polar surface area (TPSA) is 0 Å². The zero-order valence-electron chi connectivity index (χ0n) is 8.68. The Morgan fingerprint density at radius 1 is 0.833 bits per heavy atom. The van der Waals surface area contributed by atoms with Crippen molar-refractivity contribution in [3.8, 4) is 0 Å². The summed E-state index contributed by atoms with van der Waals surface area (Å²) in [7, 11) is 3.38. The summed E-state index contributed by atoms with van der Waals surface area (Å²) >= 11 is 0. The average Bonchev–Trinajstić information content (AvgIpc) is 2.06. The quantitative estimate of drug-likeness (QED) is 0.401. The highest BCUT2D eigenvalue weighted by atomic mass is 32.0. The van der Waals surface area contributed by atoms with Gasteiger partial charge in [0.15, 0.2) is 0 Å². The highest BCUT2D eigenvalue weighted by molar-refractivity contribution is 8.13. The van der Waals surface area contributed by atoms with Crippen molar-refractivity contribution in [1.29, 1.82) is 0 Å². The molecular weight excluding hydrogens is 182 g/mol. The lowest BCUT2D eigenvalue weighted by atomic mass is 10.3. The van der Waals surface area contributed by atoms with Crippen molar-refractivity contribution in [2.75, 3.05) is 12.3 Å². The molecule has 0 rings (SSSR count). The maximum Gasteiger partial charge on any atom is -0.0292 e. The molecule has 0 nitrogen and oxygen atoms in total. The predicted molar refractivity (Wildman–Crippen MR) is 65.4 cm³/mol. The highest BCUT2D eigenvalue weighted by Gasteiger charge is 1.99. The molecule has 0 aromatic rings. The van der Waals surface area contributed by atoms with Crippen LogP contribution in [-0.2, 0) is 0 Å². The lowest BCUT2D eigenvalue weighted by Gasteiger charge is -2.10. The second-order valence-electron chi connectivity index (χ2n) is 3.45. The molecule has 0 spiro atoms. The first-order valence-electron chi connectivity index (χ1n) is 5.30. The molecule has 0 aliphatic heterocycles. The number of unbranched alkanes of at least 4 members (excludes halogenated alkanes) is 4. The van der Waals surface area contributed by atoms with E-state index in [4.69, 9.17) is 0 Å². The summed E-state index contributed by atoms with van der Waals surface area (Å²) in [5.74, 6) is 0. The Morgan fingerprint density at radius 2 is 1.25 bits per heavy atom. The van der Waals surface area contributed by atoms with Gasteiger partial charge in [-0.25, -0.2) is 0 Å². The van der Waals surface area contributed by atoms with Crippen LogP contribution in [-0.4, -0.2) is 12.3 Å². The van der Waals surface area contributed by atoms with Crippen molar-refractivity contribution < 1.29 is 0 Å². The number of hydrogen-bond acceptors (Lipinski definition) is 0. The van der Waals surface area contributed by atoms with E-state index in [2.05, 4.69) is 22.8 Å². The van der Waals surface area contributed by atoms with Gasteiger partial charge in [-0.2, -0.15) is 0 Å². The Labute approximate surface area is 81.7 Å². The molecule has 0 aromatic heterocycles. The second kappa shape index (κ2) is 9.94. The summed E-state index contributed by atoms with van der Waals surface area (Å²) in [6.07, 6.45) is 11.5. The molecule has 0 aliphatic carbocycles. The molecular formula is C10H24P2. The highest BCUT2D eigenvalue weighted by Crippen LogP contribution is 2.45. The van der Waals surface area contributed by atoms with Gasteiger partial charge in [-0.15, -0.1) is 8.93 Å². The summed E-state index contributed by atoms with van der Waals surface area (Å²) in [4.78, 5) is 0. The van der Waals surface area contributed by atoms with Crippen molar-refractivity contribution in [2.45, 2.75) is 52.4 Å². The van der Waals surface area contributed by atoms with Gasteiger partial charge in [-0.05, 0) is 25.2 Å². The number of rotatable bonds is 8. The van der Waals surface area contributed by atoms with E-state index in [-0.39, 0.29) is 0 Å². The number of hydrogen-bond donors (Lipinski definition) is 0. The van der Waals surface area contributed by atoms with Crippen LogP contribution in [0.4, 0.5) is 0 Å². The van der Waals surface area contributed by atoms with Crippen LogP contribution in [0, 0.1) is 0 Å². The van der Waals surface area contributed by atoms with Crippen LogP contribution in [0.25, 0.3) is 0 Å². The molecule has 0 saturated carbocycles. The van der Waals surface area contributed by atoms with Crippen LogP contribution in [0.5, 0.6) is 0 Å². The minimum Gasteiger partial charge on any atom is -0.111 e. The minimum absolute atomic E-state index is 0.313. The van der Waals surface area contributed by atoms with E-state index in [1.807, 2.05) is 0 Å². The fraction of sp³-hybridized carbons (Fsp3) is 1.00. The first-order chi connectivity index (χ1) is 5.81. The van der Waals surface area contributed by atoms with Gasteiger partial charge >= 0.3 is 0 Å². The summed E-state index contributed by atoms with van der Waals surface area (Å²) in [6, 6.07) is 0. The van der Waals surface area contributed by atoms with E-state index < -0.39 is 0 Å². The molecule has 0 radical (unpaired) electrons. The third-order valence-electron chi connectivity index (χ3n) is 2.10. The molecule has 2 heteroatoms. The summed E-state index contributed by atoms with van der Waals surface area (Å²) < 4.78 is 0. The van der Waals surface area contributed by atoms with Crippen LogP contribution >= 0.6 is 16.5 Å². The fourth-order valence-electron chi connectivity index (χ4n) is 1.24.